The summed E-state index contributed by atoms with van der Waals surface area (Å²) >= 11 is 0. The second kappa shape index (κ2) is 12.4. The Morgan fingerprint density at radius 3 is 2.70 bits per heavy atom. The number of benzene rings is 1. The molecular weight excluding hydrogens is 625 g/mol. The topological polar surface area (TPSA) is 115 Å². The number of piperazine rings is 1. The molecule has 4 atom stereocenters. The van der Waals surface area contributed by atoms with Crippen LogP contribution in [0.3, 0.4) is 0 Å². The molecule has 47 heavy (non-hydrogen) atoms. The first-order valence-electron chi connectivity index (χ1n) is 15.5. The van der Waals surface area contributed by atoms with Gasteiger partial charge in [-0.05, 0) is 49.9 Å². The van der Waals surface area contributed by atoms with Crippen LogP contribution in [0.15, 0.2) is 30.6 Å². The van der Waals surface area contributed by atoms with Gasteiger partial charge in [0, 0.05) is 38.6 Å². The van der Waals surface area contributed by atoms with E-state index in [1.54, 1.807) is 18.0 Å². The van der Waals surface area contributed by atoms with Crippen LogP contribution in [0, 0.1) is 11.3 Å². The first-order chi connectivity index (χ1) is 22.3. The molecule has 2 saturated heterocycles. The fourth-order valence-corrected chi connectivity index (χ4v) is 7.44. The van der Waals surface area contributed by atoms with Crippen molar-refractivity contribution in [2.45, 2.75) is 68.4 Å². The van der Waals surface area contributed by atoms with Crippen molar-refractivity contribution < 1.29 is 36.3 Å². The molecule has 4 aliphatic rings. The maximum Gasteiger partial charge on any atom is 0.416 e. The Balaban J connectivity index is 1.40. The molecule has 1 aromatic heterocycles. The van der Waals surface area contributed by atoms with Crippen LogP contribution in [-0.4, -0.2) is 89.7 Å². The second-order valence-corrected chi connectivity index (χ2v) is 12.7. The first-order valence-corrected chi connectivity index (χ1v) is 15.5. The molecule has 15 heteroatoms. The normalized spacial score (nSPS) is 26.0. The van der Waals surface area contributed by atoms with Crippen LogP contribution in [0.2, 0.25) is 0 Å². The zero-order valence-electron chi connectivity index (χ0n) is 25.7. The summed E-state index contributed by atoms with van der Waals surface area (Å²) in [7, 11) is 1.78. The third kappa shape index (κ3) is 5.99. The average molecular weight is 660 g/mol. The predicted octanol–water partition coefficient (Wildman–Crippen LogP) is 4.10. The Bertz CT molecular complexity index is 1650. The Morgan fingerprint density at radius 2 is 2.02 bits per heavy atom. The highest BCUT2D eigenvalue weighted by molar-refractivity contribution is 6.04. The van der Waals surface area contributed by atoms with Crippen LogP contribution in [0.5, 0.6) is 6.01 Å². The van der Waals surface area contributed by atoms with E-state index in [1.165, 1.54) is 11.0 Å². The smallest absolute Gasteiger partial charge is 0.416 e. The van der Waals surface area contributed by atoms with E-state index < -0.39 is 47.0 Å². The van der Waals surface area contributed by atoms with Crippen molar-refractivity contribution in [2.75, 3.05) is 50.1 Å². The highest BCUT2D eigenvalue weighted by Crippen LogP contribution is 2.49. The number of anilines is 2. The van der Waals surface area contributed by atoms with Crippen LogP contribution in [0.25, 0.3) is 0 Å². The maximum absolute atomic E-state index is 14.1. The summed E-state index contributed by atoms with van der Waals surface area (Å²) in [5, 5.41) is 12.4. The zero-order chi connectivity index (χ0) is 33.7. The lowest BCUT2D eigenvalue weighted by atomic mass is 9.64. The van der Waals surface area contributed by atoms with Crippen molar-refractivity contribution in [1.29, 1.82) is 5.26 Å². The van der Waals surface area contributed by atoms with Gasteiger partial charge in [0.15, 0.2) is 11.6 Å². The Kier molecular flexibility index (Phi) is 8.58. The minimum atomic E-state index is -4.59. The van der Waals surface area contributed by atoms with Gasteiger partial charge in [-0.2, -0.15) is 28.4 Å². The summed E-state index contributed by atoms with van der Waals surface area (Å²) in [6.45, 7) is 3.66. The molecule has 4 heterocycles. The molecule has 3 aliphatic heterocycles. The molecule has 10 nitrogen and oxygen atoms in total. The summed E-state index contributed by atoms with van der Waals surface area (Å²) in [5.41, 5.74) is -1.09. The Hall–Kier alpha value is -4.32. The van der Waals surface area contributed by atoms with E-state index in [0.29, 0.717) is 24.1 Å². The number of hydrogen-bond donors (Lipinski definition) is 1. The van der Waals surface area contributed by atoms with Gasteiger partial charge in [0.2, 0.25) is 5.91 Å². The van der Waals surface area contributed by atoms with Gasteiger partial charge in [-0.1, -0.05) is 18.7 Å². The second-order valence-electron chi connectivity index (χ2n) is 12.7. The third-order valence-corrected chi connectivity index (χ3v) is 9.76. The van der Waals surface area contributed by atoms with Crippen molar-refractivity contribution in [2.24, 2.45) is 0 Å². The molecule has 0 saturated carbocycles. The number of hydrogen-bond acceptors (Lipinski definition) is 8. The number of fused-ring (bicyclic) bond motifs is 3. The highest BCUT2D eigenvalue weighted by Gasteiger charge is 2.50. The number of likely N-dealkylation sites (N-methyl/N-ethyl adjacent to an activating group) is 1. The van der Waals surface area contributed by atoms with Crippen molar-refractivity contribution in [3.05, 3.63) is 53.0 Å². The van der Waals surface area contributed by atoms with Crippen LogP contribution in [0.1, 0.15) is 48.1 Å². The largest absolute Gasteiger partial charge is 0.462 e. The van der Waals surface area contributed by atoms with E-state index in [2.05, 4.69) is 21.9 Å². The molecule has 6 rings (SSSR count). The number of ether oxygens (including phenoxy) is 1. The van der Waals surface area contributed by atoms with Gasteiger partial charge in [-0.3, -0.25) is 14.5 Å². The van der Waals surface area contributed by atoms with E-state index in [4.69, 9.17) is 4.74 Å². The molecule has 250 valence electrons. The lowest BCUT2D eigenvalue weighted by Gasteiger charge is -2.44. The number of rotatable bonds is 6. The Labute approximate surface area is 268 Å². The molecule has 2 amide bonds. The van der Waals surface area contributed by atoms with Gasteiger partial charge in [-0.15, -0.1) is 0 Å². The number of aromatic nitrogens is 2. The van der Waals surface area contributed by atoms with Crippen molar-refractivity contribution in [1.82, 2.24) is 19.8 Å². The summed E-state index contributed by atoms with van der Waals surface area (Å²) in [6.07, 6.45) is -4.64. The van der Waals surface area contributed by atoms with E-state index in [9.17, 15) is 36.8 Å². The lowest BCUT2D eigenvalue weighted by Crippen LogP contribution is -2.56. The summed E-state index contributed by atoms with van der Waals surface area (Å²) in [6, 6.07) is 4.90. The minimum Gasteiger partial charge on any atom is -0.462 e. The van der Waals surface area contributed by atoms with Gasteiger partial charge >= 0.3 is 12.2 Å². The van der Waals surface area contributed by atoms with Crippen LogP contribution >= 0.6 is 0 Å². The summed E-state index contributed by atoms with van der Waals surface area (Å²) in [5.74, 6) is -2.31. The van der Waals surface area contributed by atoms with Gasteiger partial charge < -0.3 is 19.9 Å². The molecule has 1 spiro atoms. The van der Waals surface area contributed by atoms with E-state index in [0.717, 1.165) is 6.07 Å². The average Bonchev–Trinajstić information content (AvgIpc) is 3.35. The number of nitrogens with one attached hydrogen (secondary N) is 1. The van der Waals surface area contributed by atoms with Crippen molar-refractivity contribution in [3.63, 3.8) is 0 Å². The molecule has 2 aromatic rings. The van der Waals surface area contributed by atoms with Gasteiger partial charge in [-0.25, -0.2) is 8.78 Å². The molecule has 0 radical (unpaired) electrons. The SMILES string of the molecule is C=C(F)C(=O)N1CCN(c2nc(OC[C@@H]3C[C@@H](F)CN3C)nc3c2NC(=O)C2(CCCc4c(C(F)(F)F)cccc42)C3)C[C@@H]1CC#N. The minimum absolute atomic E-state index is 0.0218. The van der Waals surface area contributed by atoms with Gasteiger partial charge in [0.05, 0.1) is 35.2 Å². The number of nitrogens with zero attached hydrogens (tertiary/aromatic N) is 6. The van der Waals surface area contributed by atoms with Crippen molar-refractivity contribution >= 4 is 23.3 Å². The molecule has 2 fully saturated rings. The number of likely N-dealkylation sites (tertiary alicyclic amines) is 1. The molecule has 1 aromatic carbocycles. The summed E-state index contributed by atoms with van der Waals surface area (Å²) < 4.78 is 75.9. The first kappa shape index (κ1) is 32.6. The number of amides is 2. The number of carbonyl (C=O) groups is 2. The fourth-order valence-electron chi connectivity index (χ4n) is 7.44. The van der Waals surface area contributed by atoms with E-state index in [1.807, 2.05) is 11.0 Å². The third-order valence-electron chi connectivity index (χ3n) is 9.76. The highest BCUT2D eigenvalue weighted by atomic mass is 19.4. The number of carbonyl (C=O) groups excluding carboxylic acids is 2. The van der Waals surface area contributed by atoms with E-state index in [-0.39, 0.29) is 87.6 Å². The van der Waals surface area contributed by atoms with Crippen molar-refractivity contribution in [3.8, 4) is 12.1 Å². The standard InChI is InChI=1S/C32H34F5N7O3/c1-18(33)28(45)44-12-11-43(16-20(44)8-10-38)27-26-25(39-30(41-27)47-17-21-13-19(34)15-42(21)2)14-31(29(46)40-26)9-4-5-22-23(31)6-3-7-24(22)32(35,36)37/h3,6-7,19-21H,1,4-5,8-9,11-17H2,2H3,(H,40,46)/t19-,20+,21+,31?/m1/s1. The fraction of sp³-hybridized carbons (Fsp3) is 0.531. The lowest BCUT2D eigenvalue weighted by molar-refractivity contribution is -0.138. The van der Waals surface area contributed by atoms with Crippen LogP contribution in [0.4, 0.5) is 33.5 Å². The number of halogens is 5. The predicted molar refractivity (Wildman–Crippen MR) is 160 cm³/mol. The molecule has 0 bridgehead atoms. The van der Waals surface area contributed by atoms with Gasteiger partial charge in [0.25, 0.3) is 5.91 Å². The van der Waals surface area contributed by atoms with Crippen LogP contribution < -0.4 is 15.0 Å². The zero-order valence-corrected chi connectivity index (χ0v) is 25.7. The quantitative estimate of drug-likeness (QED) is 0.365. The number of nitriles is 1. The molecule has 1 unspecified atom stereocenters. The monoisotopic (exact) mass is 659 g/mol. The maximum atomic E-state index is 14.1. The molecule has 1 aliphatic carbocycles. The van der Waals surface area contributed by atoms with Crippen LogP contribution in [-0.2, 0) is 34.0 Å². The van der Waals surface area contributed by atoms with Gasteiger partial charge in [0.1, 0.15) is 18.5 Å². The number of alkyl halides is 4. The molecule has 1 N–H and O–H groups in total. The molecular formula is C32H34F5N7O3. The van der Waals surface area contributed by atoms with E-state index >= 15 is 0 Å². The summed E-state index contributed by atoms with van der Waals surface area (Å²) in [4.78, 5) is 40.6. The Morgan fingerprint density at radius 1 is 1.23 bits per heavy atom.